The zero-order valence-electron chi connectivity index (χ0n) is 15.0. The second kappa shape index (κ2) is 9.22. The molecule has 28 heavy (non-hydrogen) atoms. The molecule has 0 fully saturated rings. The van der Waals surface area contributed by atoms with Crippen molar-refractivity contribution in [2.75, 3.05) is 18.5 Å². The maximum absolute atomic E-state index is 12.2. The molecule has 0 saturated carbocycles. The molecule has 0 atom stereocenters. The van der Waals surface area contributed by atoms with Crippen LogP contribution in [0, 0.1) is 0 Å². The molecule has 8 heteroatoms. The van der Waals surface area contributed by atoms with Crippen molar-refractivity contribution < 1.29 is 14.3 Å². The Morgan fingerprint density at radius 1 is 0.893 bits per heavy atom. The van der Waals surface area contributed by atoms with Gasteiger partial charge in [-0.15, -0.1) is 0 Å². The largest absolute Gasteiger partial charge is 0.490 e. The van der Waals surface area contributed by atoms with Crippen LogP contribution in [0.3, 0.4) is 0 Å². The number of anilines is 1. The molecule has 3 rings (SSSR count). The van der Waals surface area contributed by atoms with E-state index in [-0.39, 0.29) is 13.2 Å². The molecule has 0 radical (unpaired) electrons. The van der Waals surface area contributed by atoms with E-state index in [1.165, 1.54) is 0 Å². The topological polar surface area (TPSA) is 102 Å². The molecule has 0 spiro atoms. The molecule has 0 unspecified atom stereocenters. The highest BCUT2D eigenvalue weighted by molar-refractivity contribution is 5.92. The van der Waals surface area contributed by atoms with E-state index in [1.54, 1.807) is 24.3 Å². The minimum Gasteiger partial charge on any atom is -0.490 e. The fraction of sp³-hybridized carbons (Fsp3) is 0.150. The van der Waals surface area contributed by atoms with Crippen LogP contribution in [0.15, 0.2) is 76.3 Å². The van der Waals surface area contributed by atoms with E-state index in [2.05, 4.69) is 10.4 Å². The zero-order valence-corrected chi connectivity index (χ0v) is 15.0. The van der Waals surface area contributed by atoms with E-state index >= 15 is 0 Å². The monoisotopic (exact) mass is 381 g/mol. The summed E-state index contributed by atoms with van der Waals surface area (Å²) in [4.78, 5) is 35.2. The number of amides is 1. The maximum atomic E-state index is 12.2. The third-order valence-electron chi connectivity index (χ3n) is 3.70. The van der Waals surface area contributed by atoms with Crippen molar-refractivity contribution in [2.45, 2.75) is 6.54 Å². The Morgan fingerprint density at radius 2 is 1.61 bits per heavy atom. The van der Waals surface area contributed by atoms with Gasteiger partial charge in [-0.2, -0.15) is 0 Å². The summed E-state index contributed by atoms with van der Waals surface area (Å²) in [6.45, 7) is 0.306. The van der Waals surface area contributed by atoms with Gasteiger partial charge in [-0.05, 0) is 24.3 Å². The van der Waals surface area contributed by atoms with Gasteiger partial charge in [0.25, 0.3) is 11.1 Å². The Bertz CT molecular complexity index is 1040. The summed E-state index contributed by atoms with van der Waals surface area (Å²) in [5.41, 5.74) is -0.481. The fourth-order valence-corrected chi connectivity index (χ4v) is 2.44. The first kappa shape index (κ1) is 19.0. The number of carbonyl (C=O) groups is 1. The first-order valence-electron chi connectivity index (χ1n) is 8.61. The zero-order chi connectivity index (χ0) is 19.8. The highest BCUT2D eigenvalue weighted by atomic mass is 16.5. The highest BCUT2D eigenvalue weighted by Crippen LogP contribution is 2.23. The summed E-state index contributed by atoms with van der Waals surface area (Å²) in [6.07, 6.45) is 0. The van der Waals surface area contributed by atoms with Crippen molar-refractivity contribution in [2.24, 2.45) is 0 Å². The average Bonchev–Trinajstić information content (AvgIpc) is 2.70. The molecule has 0 bridgehead atoms. The predicted molar refractivity (Wildman–Crippen MR) is 104 cm³/mol. The van der Waals surface area contributed by atoms with Crippen LogP contribution in [0.2, 0.25) is 0 Å². The van der Waals surface area contributed by atoms with Crippen LogP contribution in [0.4, 0.5) is 5.69 Å². The number of nitrogens with one attached hydrogen (secondary N) is 2. The molecule has 8 nitrogen and oxygen atoms in total. The first-order chi connectivity index (χ1) is 13.6. The van der Waals surface area contributed by atoms with Crippen LogP contribution in [-0.4, -0.2) is 28.9 Å². The van der Waals surface area contributed by atoms with Crippen LogP contribution < -0.4 is 25.9 Å². The molecule has 1 aromatic heterocycles. The lowest BCUT2D eigenvalue weighted by atomic mass is 10.3. The molecule has 2 aromatic carbocycles. The van der Waals surface area contributed by atoms with E-state index in [4.69, 9.17) is 9.47 Å². The summed E-state index contributed by atoms with van der Waals surface area (Å²) < 4.78 is 12.2. The van der Waals surface area contributed by atoms with Crippen molar-refractivity contribution >= 4 is 11.6 Å². The number of hydrogen-bond donors (Lipinski definition) is 2. The van der Waals surface area contributed by atoms with Gasteiger partial charge in [0.05, 0.1) is 5.69 Å². The number of ether oxygens (including phenoxy) is 2. The number of rotatable bonds is 8. The first-order valence-corrected chi connectivity index (χ1v) is 8.61. The molecule has 3 aromatic rings. The van der Waals surface area contributed by atoms with Crippen LogP contribution in [0.5, 0.6) is 11.5 Å². The number of H-pyrrole nitrogens is 1. The number of hydrogen-bond acceptors (Lipinski definition) is 5. The van der Waals surface area contributed by atoms with Gasteiger partial charge < -0.3 is 14.8 Å². The molecule has 0 saturated heterocycles. The summed E-state index contributed by atoms with van der Waals surface area (Å²) in [5, 5.41) is 4.98. The Hall–Kier alpha value is -3.81. The normalized spacial score (nSPS) is 10.3. The Kier molecular flexibility index (Phi) is 6.25. The summed E-state index contributed by atoms with van der Waals surface area (Å²) in [7, 11) is 0. The molecule has 0 aliphatic heterocycles. The van der Waals surface area contributed by atoms with Gasteiger partial charge in [-0.25, -0.2) is 4.68 Å². The van der Waals surface area contributed by atoms with Gasteiger partial charge in [-0.1, -0.05) is 30.3 Å². The number of carbonyl (C=O) groups excluding carboxylic acids is 1. The lowest BCUT2D eigenvalue weighted by molar-refractivity contribution is -0.117. The Labute approximate surface area is 160 Å². The van der Waals surface area contributed by atoms with Gasteiger partial charge in [0.1, 0.15) is 31.3 Å². The molecular formula is C20H19N3O5. The molecule has 1 amide bonds. The minimum absolute atomic E-state index is 0.285. The third-order valence-corrected chi connectivity index (χ3v) is 3.70. The van der Waals surface area contributed by atoms with E-state index < -0.39 is 17.0 Å². The van der Waals surface area contributed by atoms with Crippen molar-refractivity contribution in [1.29, 1.82) is 0 Å². The second-order valence-corrected chi connectivity index (χ2v) is 5.79. The average molecular weight is 381 g/mol. The highest BCUT2D eigenvalue weighted by Gasteiger charge is 2.09. The van der Waals surface area contributed by atoms with Crippen LogP contribution in [0.25, 0.3) is 0 Å². The fourth-order valence-electron chi connectivity index (χ4n) is 2.44. The van der Waals surface area contributed by atoms with Gasteiger partial charge in [0.2, 0.25) is 5.91 Å². The molecule has 144 valence electrons. The van der Waals surface area contributed by atoms with Gasteiger partial charge >= 0.3 is 0 Å². The second-order valence-electron chi connectivity index (χ2n) is 5.79. The van der Waals surface area contributed by atoms with Crippen molar-refractivity contribution in [3.05, 3.63) is 87.4 Å². The smallest absolute Gasteiger partial charge is 0.265 e. The van der Waals surface area contributed by atoms with Gasteiger partial charge in [-0.3, -0.25) is 19.5 Å². The number of benzene rings is 2. The summed E-state index contributed by atoms with van der Waals surface area (Å²) in [5.74, 6) is 0.747. The van der Waals surface area contributed by atoms with E-state index in [9.17, 15) is 14.4 Å². The van der Waals surface area contributed by atoms with Crippen LogP contribution >= 0.6 is 0 Å². The van der Waals surface area contributed by atoms with Gasteiger partial charge in [0, 0.05) is 12.1 Å². The predicted octanol–water partition coefficient (Wildman–Crippen LogP) is 1.63. The standard InChI is InChI=1S/C20H19N3O5/c24-18-10-11-20(26)23(22-18)14-19(25)21-16-8-4-5-9-17(16)28-13-12-27-15-6-2-1-3-7-15/h1-11H,12-14H2,(H,21,25)(H,22,24). The van der Waals surface area contributed by atoms with Gasteiger partial charge in [0.15, 0.2) is 0 Å². The SMILES string of the molecule is O=C(Cn1[nH]c(=O)ccc1=O)Nc1ccccc1OCCOc1ccccc1. The number of aromatic nitrogens is 2. The summed E-state index contributed by atoms with van der Waals surface area (Å²) in [6, 6.07) is 18.5. The van der Waals surface area contributed by atoms with E-state index in [0.717, 1.165) is 22.6 Å². The molecular weight excluding hydrogens is 362 g/mol. The summed E-state index contributed by atoms with van der Waals surface area (Å²) >= 11 is 0. The van der Waals surface area contributed by atoms with Crippen molar-refractivity contribution in [1.82, 2.24) is 9.78 Å². The van der Waals surface area contributed by atoms with E-state index in [0.29, 0.717) is 18.0 Å². The minimum atomic E-state index is -0.475. The lowest BCUT2D eigenvalue weighted by Gasteiger charge is -2.13. The molecule has 1 heterocycles. The number of para-hydroxylation sites is 3. The van der Waals surface area contributed by atoms with E-state index in [1.807, 2.05) is 30.3 Å². The lowest BCUT2D eigenvalue weighted by Crippen LogP contribution is -2.32. The van der Waals surface area contributed by atoms with Crippen LogP contribution in [-0.2, 0) is 11.3 Å². The number of aromatic amines is 1. The third kappa shape index (κ3) is 5.34. The molecule has 0 aliphatic carbocycles. The van der Waals surface area contributed by atoms with Crippen molar-refractivity contribution in [3.63, 3.8) is 0 Å². The maximum Gasteiger partial charge on any atom is 0.265 e. The van der Waals surface area contributed by atoms with Crippen molar-refractivity contribution in [3.8, 4) is 11.5 Å². The molecule has 2 N–H and O–H groups in total. The molecule has 0 aliphatic rings. The van der Waals surface area contributed by atoms with Crippen LogP contribution in [0.1, 0.15) is 0 Å². The quantitative estimate of drug-likeness (QED) is 0.578. The Balaban J connectivity index is 1.57. The number of nitrogens with zero attached hydrogens (tertiary/aromatic N) is 1. The Morgan fingerprint density at radius 3 is 2.43 bits per heavy atom.